The number of hydrogen-bond donors (Lipinski definition) is 1. The van der Waals surface area contributed by atoms with E-state index in [2.05, 4.69) is 5.32 Å². The molecule has 1 N–H and O–H groups in total. The average molecular weight is 235 g/mol. The van der Waals surface area contributed by atoms with Crippen LogP contribution in [0.1, 0.15) is 11.6 Å². The molecule has 1 atom stereocenters. The van der Waals surface area contributed by atoms with Crippen molar-refractivity contribution >= 4 is 5.97 Å². The van der Waals surface area contributed by atoms with Gasteiger partial charge in [0.1, 0.15) is 5.41 Å². The monoisotopic (exact) mass is 235 g/mol. The molecule has 0 bridgehead atoms. The van der Waals surface area contributed by atoms with Gasteiger partial charge in [0.2, 0.25) is 0 Å². The number of methoxy groups -OCH3 is 1. The third-order valence-electron chi connectivity index (χ3n) is 3.29. The minimum Gasteiger partial charge on any atom is -0.468 e. The number of ether oxygens (including phenoxy) is 2. The minimum atomic E-state index is -0.592. The maximum Gasteiger partial charge on any atom is 0.318 e. The molecule has 1 unspecified atom stereocenters. The van der Waals surface area contributed by atoms with Gasteiger partial charge >= 0.3 is 5.97 Å². The SMILES string of the molecule is CNC(c1ccccc1)C1(C(=O)OC)COC1. The van der Waals surface area contributed by atoms with Gasteiger partial charge in [0.15, 0.2) is 0 Å². The standard InChI is InChI=1S/C13H17NO3/c1-14-11(10-6-4-3-5-7-10)13(8-17-9-13)12(15)16-2/h3-7,11,14H,8-9H2,1-2H3. The molecule has 0 saturated carbocycles. The zero-order valence-electron chi connectivity index (χ0n) is 10.1. The number of nitrogens with one attached hydrogen (secondary N) is 1. The molecule has 1 aliphatic heterocycles. The topological polar surface area (TPSA) is 47.6 Å². The molecule has 0 aliphatic carbocycles. The maximum absolute atomic E-state index is 11.9. The summed E-state index contributed by atoms with van der Waals surface area (Å²) < 4.78 is 10.1. The van der Waals surface area contributed by atoms with Crippen LogP contribution in [0, 0.1) is 5.41 Å². The Hall–Kier alpha value is -1.39. The Morgan fingerprint density at radius 3 is 2.47 bits per heavy atom. The van der Waals surface area contributed by atoms with Gasteiger partial charge in [-0.1, -0.05) is 30.3 Å². The van der Waals surface area contributed by atoms with Crippen LogP contribution in [-0.4, -0.2) is 33.3 Å². The van der Waals surface area contributed by atoms with E-state index in [0.29, 0.717) is 13.2 Å². The van der Waals surface area contributed by atoms with Crippen LogP contribution in [0.3, 0.4) is 0 Å². The first-order chi connectivity index (χ1) is 8.24. The molecule has 1 aliphatic rings. The number of benzene rings is 1. The van der Waals surface area contributed by atoms with Crippen molar-refractivity contribution in [1.82, 2.24) is 5.32 Å². The summed E-state index contributed by atoms with van der Waals surface area (Å²) in [6, 6.07) is 9.81. The van der Waals surface area contributed by atoms with Gasteiger partial charge in [-0.15, -0.1) is 0 Å². The van der Waals surface area contributed by atoms with Gasteiger partial charge in [-0.2, -0.15) is 0 Å². The van der Waals surface area contributed by atoms with Crippen LogP contribution in [0.15, 0.2) is 30.3 Å². The Morgan fingerprint density at radius 2 is 2.06 bits per heavy atom. The molecule has 1 aromatic carbocycles. The second-order valence-corrected chi connectivity index (χ2v) is 4.27. The predicted molar refractivity (Wildman–Crippen MR) is 63.5 cm³/mol. The molecule has 4 nitrogen and oxygen atoms in total. The zero-order valence-corrected chi connectivity index (χ0v) is 10.1. The summed E-state index contributed by atoms with van der Waals surface area (Å²) in [5, 5.41) is 3.20. The first-order valence-electron chi connectivity index (χ1n) is 5.63. The second-order valence-electron chi connectivity index (χ2n) is 4.27. The van der Waals surface area contributed by atoms with E-state index in [9.17, 15) is 4.79 Å². The van der Waals surface area contributed by atoms with Crippen molar-refractivity contribution in [3.63, 3.8) is 0 Å². The van der Waals surface area contributed by atoms with Crippen molar-refractivity contribution in [2.75, 3.05) is 27.4 Å². The highest BCUT2D eigenvalue weighted by Crippen LogP contribution is 2.41. The van der Waals surface area contributed by atoms with E-state index in [1.807, 2.05) is 37.4 Å². The molecular formula is C13H17NO3. The predicted octanol–water partition coefficient (Wildman–Crippen LogP) is 1.14. The molecule has 1 saturated heterocycles. The molecular weight excluding hydrogens is 218 g/mol. The Kier molecular flexibility index (Phi) is 3.45. The molecule has 0 amide bonds. The van der Waals surface area contributed by atoms with E-state index < -0.39 is 5.41 Å². The molecule has 17 heavy (non-hydrogen) atoms. The Morgan fingerprint density at radius 1 is 1.41 bits per heavy atom. The molecule has 0 spiro atoms. The average Bonchev–Trinajstić information content (AvgIpc) is 2.33. The fraction of sp³-hybridized carbons (Fsp3) is 0.462. The molecule has 2 rings (SSSR count). The lowest BCUT2D eigenvalue weighted by atomic mass is 9.75. The summed E-state index contributed by atoms with van der Waals surface area (Å²) in [6.07, 6.45) is 0. The van der Waals surface area contributed by atoms with E-state index in [4.69, 9.17) is 9.47 Å². The Balaban J connectivity index is 2.31. The van der Waals surface area contributed by atoms with Crippen molar-refractivity contribution in [2.24, 2.45) is 5.41 Å². The van der Waals surface area contributed by atoms with Gasteiger partial charge in [-0.25, -0.2) is 0 Å². The number of carbonyl (C=O) groups is 1. The molecule has 92 valence electrons. The van der Waals surface area contributed by atoms with E-state index >= 15 is 0 Å². The minimum absolute atomic E-state index is 0.0788. The molecule has 4 heteroatoms. The van der Waals surface area contributed by atoms with E-state index in [1.165, 1.54) is 7.11 Å². The van der Waals surface area contributed by atoms with E-state index in [-0.39, 0.29) is 12.0 Å². The normalized spacial score (nSPS) is 19.2. The molecule has 0 radical (unpaired) electrons. The van der Waals surface area contributed by atoms with Crippen LogP contribution in [0.4, 0.5) is 0 Å². The number of hydrogen-bond acceptors (Lipinski definition) is 4. The van der Waals surface area contributed by atoms with Crippen molar-refractivity contribution in [1.29, 1.82) is 0 Å². The summed E-state index contributed by atoms with van der Waals surface area (Å²) in [7, 11) is 3.26. The van der Waals surface area contributed by atoms with Gasteiger partial charge < -0.3 is 14.8 Å². The Labute approximate surface area is 101 Å². The smallest absolute Gasteiger partial charge is 0.318 e. The summed E-state index contributed by atoms with van der Waals surface area (Å²) in [5.41, 5.74) is 0.480. The summed E-state index contributed by atoms with van der Waals surface area (Å²) in [5.74, 6) is -0.216. The number of rotatable bonds is 4. The van der Waals surface area contributed by atoms with Crippen molar-refractivity contribution in [3.8, 4) is 0 Å². The van der Waals surface area contributed by atoms with Crippen LogP contribution in [0.5, 0.6) is 0 Å². The van der Waals surface area contributed by atoms with Gasteiger partial charge in [-0.3, -0.25) is 4.79 Å². The van der Waals surface area contributed by atoms with Crippen LogP contribution in [0.25, 0.3) is 0 Å². The van der Waals surface area contributed by atoms with E-state index in [1.54, 1.807) is 0 Å². The van der Waals surface area contributed by atoms with Crippen LogP contribution < -0.4 is 5.32 Å². The van der Waals surface area contributed by atoms with Gasteiger partial charge in [0, 0.05) is 0 Å². The lowest BCUT2D eigenvalue weighted by Crippen LogP contribution is -2.56. The fourth-order valence-corrected chi connectivity index (χ4v) is 2.34. The summed E-state index contributed by atoms with van der Waals surface area (Å²) >= 11 is 0. The number of carbonyl (C=O) groups excluding carboxylic acids is 1. The van der Waals surface area contributed by atoms with Crippen molar-refractivity contribution < 1.29 is 14.3 Å². The quantitative estimate of drug-likeness (QED) is 0.795. The lowest BCUT2D eigenvalue weighted by Gasteiger charge is -2.44. The number of esters is 1. The van der Waals surface area contributed by atoms with Crippen molar-refractivity contribution in [3.05, 3.63) is 35.9 Å². The lowest BCUT2D eigenvalue weighted by molar-refractivity contribution is -0.190. The second kappa shape index (κ2) is 4.85. The third kappa shape index (κ3) is 1.94. The summed E-state index contributed by atoms with van der Waals surface area (Å²) in [6.45, 7) is 0.806. The molecule has 0 aromatic heterocycles. The van der Waals surface area contributed by atoms with Crippen LogP contribution in [-0.2, 0) is 14.3 Å². The molecule has 1 fully saturated rings. The van der Waals surface area contributed by atoms with Crippen molar-refractivity contribution in [2.45, 2.75) is 6.04 Å². The van der Waals surface area contributed by atoms with Gasteiger partial charge in [-0.05, 0) is 12.6 Å². The third-order valence-corrected chi connectivity index (χ3v) is 3.29. The molecule has 1 heterocycles. The fourth-order valence-electron chi connectivity index (χ4n) is 2.34. The molecule has 1 aromatic rings. The first kappa shape index (κ1) is 12.1. The highest BCUT2D eigenvalue weighted by Gasteiger charge is 2.53. The van der Waals surface area contributed by atoms with Gasteiger partial charge in [0.25, 0.3) is 0 Å². The largest absolute Gasteiger partial charge is 0.468 e. The Bertz CT molecular complexity index is 387. The van der Waals surface area contributed by atoms with E-state index in [0.717, 1.165) is 5.56 Å². The maximum atomic E-state index is 11.9. The highest BCUT2D eigenvalue weighted by atomic mass is 16.5. The zero-order chi connectivity index (χ0) is 12.3. The van der Waals surface area contributed by atoms with Crippen LogP contribution in [0.2, 0.25) is 0 Å². The summed E-state index contributed by atoms with van der Waals surface area (Å²) in [4.78, 5) is 11.9. The first-order valence-corrected chi connectivity index (χ1v) is 5.63. The van der Waals surface area contributed by atoms with Crippen LogP contribution >= 0.6 is 0 Å². The van der Waals surface area contributed by atoms with Gasteiger partial charge in [0.05, 0.1) is 26.4 Å². The highest BCUT2D eigenvalue weighted by molar-refractivity contribution is 5.79.